The van der Waals surface area contributed by atoms with Crippen molar-refractivity contribution in [2.24, 2.45) is 0 Å². The van der Waals surface area contributed by atoms with Crippen molar-refractivity contribution in [3.05, 3.63) is 54.1 Å². The Labute approximate surface area is 196 Å². The lowest BCUT2D eigenvalue weighted by Gasteiger charge is -2.35. The number of hydrogen-bond acceptors (Lipinski definition) is 5. The highest BCUT2D eigenvalue weighted by molar-refractivity contribution is 6.07. The molecule has 0 radical (unpaired) electrons. The SMILES string of the molecule is CCCCCCCNC(=O)Nc1ccccc1C(=O)C1CN(c2ccccc2OC)CCN1. The van der Waals surface area contributed by atoms with Gasteiger partial charge in [0.05, 0.1) is 24.5 Å². The van der Waals surface area contributed by atoms with Crippen LogP contribution in [0.3, 0.4) is 0 Å². The molecule has 1 unspecified atom stereocenters. The number of unbranched alkanes of at least 4 members (excludes halogenated alkanes) is 4. The van der Waals surface area contributed by atoms with E-state index in [1.807, 2.05) is 36.4 Å². The van der Waals surface area contributed by atoms with Crippen LogP contribution in [-0.4, -0.2) is 51.1 Å². The quantitative estimate of drug-likeness (QED) is 0.347. The van der Waals surface area contributed by atoms with Gasteiger partial charge < -0.3 is 25.6 Å². The molecule has 2 aromatic rings. The molecule has 7 nitrogen and oxygen atoms in total. The summed E-state index contributed by atoms with van der Waals surface area (Å²) in [6.07, 6.45) is 5.69. The topological polar surface area (TPSA) is 82.7 Å². The molecule has 3 N–H and O–H groups in total. The van der Waals surface area contributed by atoms with Crippen molar-refractivity contribution in [2.75, 3.05) is 43.5 Å². The highest BCUT2D eigenvalue weighted by Gasteiger charge is 2.29. The molecule has 0 aliphatic carbocycles. The number of nitrogens with one attached hydrogen (secondary N) is 3. The molecule has 7 heteroatoms. The largest absolute Gasteiger partial charge is 0.495 e. The molecule has 33 heavy (non-hydrogen) atoms. The number of carbonyl (C=O) groups is 2. The first kappa shape index (κ1) is 24.6. The van der Waals surface area contributed by atoms with Crippen LogP contribution in [0.15, 0.2) is 48.5 Å². The number of nitrogens with zero attached hydrogens (tertiary/aromatic N) is 1. The lowest BCUT2D eigenvalue weighted by atomic mass is 10.00. The Morgan fingerprint density at radius 1 is 1.06 bits per heavy atom. The number of carbonyl (C=O) groups excluding carboxylic acids is 2. The van der Waals surface area contributed by atoms with Crippen molar-refractivity contribution in [3.63, 3.8) is 0 Å². The third-order valence-corrected chi connectivity index (χ3v) is 5.92. The Bertz CT molecular complexity index is 918. The molecule has 1 fully saturated rings. The minimum atomic E-state index is -0.381. The van der Waals surface area contributed by atoms with E-state index in [-0.39, 0.29) is 17.9 Å². The fourth-order valence-electron chi connectivity index (χ4n) is 4.13. The predicted octanol–water partition coefficient (Wildman–Crippen LogP) is 4.45. The zero-order valence-corrected chi connectivity index (χ0v) is 19.7. The number of piperazine rings is 1. The van der Waals surface area contributed by atoms with Crippen molar-refractivity contribution in [3.8, 4) is 5.75 Å². The zero-order chi connectivity index (χ0) is 23.5. The number of rotatable bonds is 11. The maximum atomic E-state index is 13.4. The Kier molecular flexibility index (Phi) is 9.57. The third-order valence-electron chi connectivity index (χ3n) is 5.92. The first-order chi connectivity index (χ1) is 16.1. The van der Waals surface area contributed by atoms with Crippen molar-refractivity contribution in [1.29, 1.82) is 0 Å². The summed E-state index contributed by atoms with van der Waals surface area (Å²) in [7, 11) is 1.65. The fourth-order valence-corrected chi connectivity index (χ4v) is 4.13. The van der Waals surface area contributed by atoms with Crippen LogP contribution in [0.1, 0.15) is 49.4 Å². The maximum absolute atomic E-state index is 13.4. The molecule has 1 atom stereocenters. The molecular weight excluding hydrogens is 416 g/mol. The van der Waals surface area contributed by atoms with E-state index in [2.05, 4.69) is 27.8 Å². The first-order valence-corrected chi connectivity index (χ1v) is 11.9. The average Bonchev–Trinajstić information content (AvgIpc) is 2.86. The van der Waals surface area contributed by atoms with Gasteiger partial charge >= 0.3 is 6.03 Å². The van der Waals surface area contributed by atoms with Gasteiger partial charge in [0.2, 0.25) is 0 Å². The van der Waals surface area contributed by atoms with Crippen LogP contribution in [0.5, 0.6) is 5.75 Å². The smallest absolute Gasteiger partial charge is 0.319 e. The van der Waals surface area contributed by atoms with Crippen molar-refractivity contribution < 1.29 is 14.3 Å². The second-order valence-electron chi connectivity index (χ2n) is 8.33. The summed E-state index contributed by atoms with van der Waals surface area (Å²) >= 11 is 0. The molecule has 3 rings (SSSR count). The Morgan fingerprint density at radius 3 is 2.64 bits per heavy atom. The van der Waals surface area contributed by atoms with Crippen molar-refractivity contribution >= 4 is 23.2 Å². The van der Waals surface area contributed by atoms with Crippen LogP contribution >= 0.6 is 0 Å². The summed E-state index contributed by atoms with van der Waals surface area (Å²) in [5, 5.41) is 9.09. The van der Waals surface area contributed by atoms with Crippen LogP contribution in [0.4, 0.5) is 16.2 Å². The molecule has 1 heterocycles. The number of ether oxygens (including phenoxy) is 1. The maximum Gasteiger partial charge on any atom is 0.319 e. The Hall–Kier alpha value is -3.06. The number of anilines is 2. The normalized spacial score (nSPS) is 15.7. The van der Waals surface area contributed by atoms with Gasteiger partial charge in [-0.3, -0.25) is 4.79 Å². The lowest BCUT2D eigenvalue weighted by molar-refractivity contribution is 0.0940. The minimum Gasteiger partial charge on any atom is -0.495 e. The van der Waals surface area contributed by atoms with Crippen LogP contribution in [0.2, 0.25) is 0 Å². The van der Waals surface area contributed by atoms with E-state index in [1.54, 1.807) is 19.2 Å². The van der Waals surface area contributed by atoms with Gasteiger partial charge in [-0.15, -0.1) is 0 Å². The van der Waals surface area contributed by atoms with E-state index < -0.39 is 0 Å². The monoisotopic (exact) mass is 452 g/mol. The van der Waals surface area contributed by atoms with Crippen LogP contribution in [0, 0.1) is 0 Å². The van der Waals surface area contributed by atoms with Crippen LogP contribution in [-0.2, 0) is 0 Å². The van der Waals surface area contributed by atoms with Gasteiger partial charge in [0.1, 0.15) is 5.75 Å². The average molecular weight is 453 g/mol. The van der Waals surface area contributed by atoms with E-state index in [0.717, 1.165) is 30.8 Å². The van der Waals surface area contributed by atoms with Gasteiger partial charge in [0.25, 0.3) is 0 Å². The second-order valence-corrected chi connectivity index (χ2v) is 8.33. The van der Waals surface area contributed by atoms with Crippen molar-refractivity contribution in [1.82, 2.24) is 10.6 Å². The zero-order valence-electron chi connectivity index (χ0n) is 19.7. The van der Waals surface area contributed by atoms with Crippen molar-refractivity contribution in [2.45, 2.75) is 45.1 Å². The number of urea groups is 1. The summed E-state index contributed by atoms with van der Waals surface area (Å²) in [4.78, 5) is 28.0. The van der Waals surface area contributed by atoms with E-state index in [1.165, 1.54) is 19.3 Å². The number of methoxy groups -OCH3 is 1. The number of para-hydroxylation sites is 3. The molecule has 0 saturated carbocycles. The lowest BCUT2D eigenvalue weighted by Crippen LogP contribution is -2.54. The fraction of sp³-hybridized carbons (Fsp3) is 0.462. The van der Waals surface area contributed by atoms with E-state index >= 15 is 0 Å². The molecule has 0 spiro atoms. The molecule has 178 valence electrons. The minimum absolute atomic E-state index is 0.0370. The molecule has 0 bridgehead atoms. The van der Waals surface area contributed by atoms with E-state index in [4.69, 9.17) is 4.74 Å². The third kappa shape index (κ3) is 6.96. The number of hydrogen-bond donors (Lipinski definition) is 3. The van der Waals surface area contributed by atoms with Crippen LogP contribution < -0.4 is 25.6 Å². The van der Waals surface area contributed by atoms with E-state index in [0.29, 0.717) is 30.9 Å². The molecule has 1 aliphatic rings. The Morgan fingerprint density at radius 2 is 1.82 bits per heavy atom. The van der Waals surface area contributed by atoms with Gasteiger partial charge in [-0.1, -0.05) is 56.9 Å². The molecule has 1 aliphatic heterocycles. The van der Waals surface area contributed by atoms with Gasteiger partial charge in [-0.05, 0) is 30.7 Å². The van der Waals surface area contributed by atoms with E-state index in [9.17, 15) is 9.59 Å². The number of Topliss-reactive ketones (excluding diaryl/α,β-unsaturated/α-hetero) is 1. The molecule has 2 aromatic carbocycles. The highest BCUT2D eigenvalue weighted by atomic mass is 16.5. The van der Waals surface area contributed by atoms with Gasteiger partial charge in [0, 0.05) is 31.7 Å². The number of amides is 2. The van der Waals surface area contributed by atoms with Gasteiger partial charge in [-0.25, -0.2) is 4.79 Å². The van der Waals surface area contributed by atoms with Gasteiger partial charge in [0.15, 0.2) is 5.78 Å². The Balaban J connectivity index is 1.61. The summed E-state index contributed by atoms with van der Waals surface area (Å²) in [5.41, 5.74) is 2.01. The first-order valence-electron chi connectivity index (χ1n) is 11.9. The standard InChI is InChI=1S/C26H36N4O3/c1-3-4-5-6-11-16-28-26(32)29-21-13-8-7-12-20(21)25(31)22-19-30(18-17-27-22)23-14-9-10-15-24(23)33-2/h7-10,12-15,22,27H,3-6,11,16-19H2,1-2H3,(H2,28,29,32). The molecular formula is C26H36N4O3. The second kappa shape index (κ2) is 12.8. The number of benzene rings is 2. The van der Waals surface area contributed by atoms with Gasteiger partial charge in [-0.2, -0.15) is 0 Å². The summed E-state index contributed by atoms with van der Waals surface area (Å²) in [6, 6.07) is 14.4. The summed E-state index contributed by atoms with van der Waals surface area (Å²) < 4.78 is 5.50. The molecule has 0 aromatic heterocycles. The van der Waals surface area contributed by atoms with Crippen LogP contribution in [0.25, 0.3) is 0 Å². The molecule has 1 saturated heterocycles. The summed E-state index contributed by atoms with van der Waals surface area (Å²) in [5.74, 6) is 0.754. The predicted molar refractivity (Wildman–Crippen MR) is 134 cm³/mol. The summed E-state index contributed by atoms with van der Waals surface area (Å²) in [6.45, 7) is 4.80. The number of ketones is 1. The molecule has 2 amide bonds. The highest BCUT2D eigenvalue weighted by Crippen LogP contribution is 2.29.